The normalized spacial score (nSPS) is 13.8. The molecule has 662 valence electrons. The molecule has 2 aliphatic heterocycles. The predicted octanol–water partition coefficient (Wildman–Crippen LogP) is 35.6. The van der Waals surface area contributed by atoms with Crippen LogP contribution in [-0.4, -0.2) is 52.2 Å². The molecule has 0 radical (unpaired) electrons. The lowest BCUT2D eigenvalue weighted by Crippen LogP contribution is -2.34. The van der Waals surface area contributed by atoms with Crippen LogP contribution < -0.4 is 0 Å². The van der Waals surface area contributed by atoms with E-state index < -0.39 is 23.3 Å². The van der Waals surface area contributed by atoms with Gasteiger partial charge >= 0.3 is 0 Å². The zero-order chi connectivity index (χ0) is 85.4. The van der Waals surface area contributed by atoms with Crippen LogP contribution in [0.15, 0.2) is 83.9 Å². The Morgan fingerprint density at radius 2 is 0.475 bits per heavy atom. The third-order valence-corrected chi connectivity index (χ3v) is 33.5. The summed E-state index contributed by atoms with van der Waals surface area (Å²) in [5.74, 6) is -4.38. The van der Waals surface area contributed by atoms with E-state index in [0.29, 0.717) is 64.9 Å². The average Bonchev–Trinajstić information content (AvgIpc) is 1.55. The molecule has 0 bridgehead atoms. The van der Waals surface area contributed by atoms with Gasteiger partial charge in [0.1, 0.15) is 22.1 Å². The zero-order valence-electron chi connectivity index (χ0n) is 74.1. The second kappa shape index (κ2) is 50.8. The molecule has 122 heavy (non-hydrogen) atoms. The number of benzene rings is 2. The van der Waals surface area contributed by atoms with E-state index >= 15 is 27.2 Å². The number of unbranched alkanes of at least 4 members (excludes halogenated alkanes) is 38. The standard InChI is InChI=1S/C102H136F4N6O2S8/c1-7-13-19-25-29-33-35-39-43-47-53-71(51-45-41-37-31-27-21-15-9-3)69-111-99(83-67-65-81(119-83)87-93(105)91(103)85(95-97(87)109-121-107-95)79-63-61-77(117-79)75-59-57-73(115-75)55-49-23-17-11-5)89-90(101(111)113)100(112(102(89)114)70-72(52-46-42-38-32-28-22-16-10-4)54-48-44-40-36-34-30-26-20-14-8-2)84-68-66-82(120-84)88-94(106)92(104)86(96-98(88)110-122-108-96)80-64-62-78(118-80)76-60-58-74(116-76)56-50-24-18-12-6/h57-68,71-72H,7-56,69-70H2,1-6H3. The highest BCUT2D eigenvalue weighted by molar-refractivity contribution is 7.24. The number of fused-ring (bicyclic) bond motifs is 3. The first-order valence-electron chi connectivity index (χ1n) is 47.9. The molecule has 8 aromatic heterocycles. The van der Waals surface area contributed by atoms with Gasteiger partial charge in [0.25, 0.3) is 11.8 Å². The van der Waals surface area contributed by atoms with Crippen molar-refractivity contribution in [3.05, 3.63) is 127 Å². The molecule has 12 rings (SSSR count). The first-order chi connectivity index (χ1) is 59.9. The molecule has 10 heterocycles. The zero-order valence-corrected chi connectivity index (χ0v) is 80.7. The number of amides is 2. The third-order valence-electron chi connectivity index (χ3n) is 25.4. The fraction of sp³-hybridized carbons (Fsp3) is 0.588. The number of carbonyl (C=O) groups is 2. The van der Waals surface area contributed by atoms with Crippen LogP contribution in [-0.2, 0) is 22.4 Å². The van der Waals surface area contributed by atoms with Crippen molar-refractivity contribution in [2.24, 2.45) is 11.8 Å². The summed E-state index contributed by atoms with van der Waals surface area (Å²) in [6.07, 6.45) is 58.3. The molecule has 0 spiro atoms. The highest BCUT2D eigenvalue weighted by Crippen LogP contribution is 2.54. The van der Waals surface area contributed by atoms with Gasteiger partial charge in [0.15, 0.2) is 23.3 Å². The molecule has 2 amide bonds. The molecule has 20 heteroatoms. The molecule has 8 nitrogen and oxygen atoms in total. The summed E-state index contributed by atoms with van der Waals surface area (Å²) in [5, 5.41) is 0. The number of carbonyl (C=O) groups excluding carboxylic acids is 2. The van der Waals surface area contributed by atoms with Crippen molar-refractivity contribution in [3.8, 4) is 61.3 Å². The summed E-state index contributed by atoms with van der Waals surface area (Å²) >= 11 is 10.8. The molecule has 0 saturated carbocycles. The van der Waals surface area contributed by atoms with E-state index in [2.05, 4.69) is 65.8 Å². The van der Waals surface area contributed by atoms with E-state index in [4.69, 9.17) is 17.5 Å². The van der Waals surface area contributed by atoms with E-state index in [1.807, 2.05) is 58.3 Å². The summed E-state index contributed by atoms with van der Waals surface area (Å²) in [6, 6.07) is 23.8. The van der Waals surface area contributed by atoms with E-state index in [0.717, 1.165) is 171 Å². The summed E-state index contributed by atoms with van der Waals surface area (Å²) in [5.41, 5.74) is 2.88. The van der Waals surface area contributed by atoms with Gasteiger partial charge in [-0.1, -0.05) is 311 Å². The van der Waals surface area contributed by atoms with Crippen LogP contribution in [0.2, 0.25) is 0 Å². The first kappa shape index (κ1) is 95.5. The van der Waals surface area contributed by atoms with Crippen molar-refractivity contribution in [2.45, 2.75) is 363 Å². The second-order valence-electron chi connectivity index (χ2n) is 35.0. The van der Waals surface area contributed by atoms with Gasteiger partial charge in [-0.3, -0.25) is 9.59 Å². The Hall–Kier alpha value is -5.58. The molecule has 10 aromatic rings. The molecule has 0 saturated heterocycles. The number of thiophene rings is 6. The Labute approximate surface area is 760 Å². The van der Waals surface area contributed by atoms with Crippen LogP contribution in [0.5, 0.6) is 0 Å². The monoisotopic (exact) mass is 1810 g/mol. The number of aryl methyl sites for hydroxylation is 2. The van der Waals surface area contributed by atoms with Gasteiger partial charge in [-0.25, -0.2) is 17.6 Å². The highest BCUT2D eigenvalue weighted by atomic mass is 32.1. The number of aromatic nitrogens is 4. The van der Waals surface area contributed by atoms with E-state index in [1.54, 1.807) is 22.7 Å². The minimum Gasteiger partial charge on any atom is -0.306 e. The Balaban J connectivity index is 0.950. The van der Waals surface area contributed by atoms with Crippen LogP contribution in [0.25, 0.3) is 94.7 Å². The molecule has 2 aromatic carbocycles. The summed E-state index contributed by atoms with van der Waals surface area (Å²) < 4.78 is 90.1. The lowest BCUT2D eigenvalue weighted by Gasteiger charge is -2.29. The summed E-state index contributed by atoms with van der Waals surface area (Å²) in [7, 11) is 0. The minimum atomic E-state index is -1.02. The number of hydrogen-bond donors (Lipinski definition) is 0. The summed E-state index contributed by atoms with van der Waals surface area (Å²) in [4.78, 5) is 47.6. The smallest absolute Gasteiger partial charge is 0.261 e. The Morgan fingerprint density at radius 3 is 0.746 bits per heavy atom. The van der Waals surface area contributed by atoms with Gasteiger partial charge in [0.05, 0.1) is 78.0 Å². The number of halogens is 4. The fourth-order valence-electron chi connectivity index (χ4n) is 18.3. The molecule has 2 atom stereocenters. The maximum absolute atomic E-state index is 17.9. The largest absolute Gasteiger partial charge is 0.306 e. The SMILES string of the molecule is CCCCCCCCCCCCC(CCCCCCCCCC)CN1C(=O)C2=C(c3ccc(-c4c(F)c(F)c(-c5ccc(-c6ccc(CCCCCC)s6)s5)c5nsnc45)s3)N(CC(CCCCCCCCCC)CCCCCCCCCCCC)C(=O)C2=C1c1ccc(-c2c(F)c(F)c(-c3ccc(-c4ccc(CCCCCC)s4)s3)c3nsnc23)s1. The Kier molecular flexibility index (Phi) is 39.8. The number of nitrogens with zero attached hydrogens (tertiary/aromatic N) is 6. The van der Waals surface area contributed by atoms with Gasteiger partial charge in [0, 0.05) is 61.9 Å². The topological polar surface area (TPSA) is 92.2 Å². The second-order valence-corrected chi connectivity index (χ2v) is 42.7. The molecule has 2 aliphatic rings. The molecular weight excluding hydrogens is 1670 g/mol. The van der Waals surface area contributed by atoms with Gasteiger partial charge in [0.2, 0.25) is 0 Å². The molecular formula is C102H136F4N6O2S8. The fourth-order valence-corrected chi connectivity index (χ4v) is 26.0. The minimum absolute atomic E-state index is 0.00302. The van der Waals surface area contributed by atoms with Gasteiger partial charge in [-0.2, -0.15) is 17.5 Å². The van der Waals surface area contributed by atoms with Crippen LogP contribution >= 0.6 is 91.5 Å². The van der Waals surface area contributed by atoms with Crippen LogP contribution in [0.1, 0.15) is 369 Å². The predicted molar refractivity (Wildman–Crippen MR) is 522 cm³/mol. The Morgan fingerprint density at radius 1 is 0.262 bits per heavy atom. The van der Waals surface area contributed by atoms with Crippen LogP contribution in [0.3, 0.4) is 0 Å². The van der Waals surface area contributed by atoms with Gasteiger partial charge in [-0.15, -0.1) is 68.0 Å². The average molecular weight is 1810 g/mol. The van der Waals surface area contributed by atoms with Crippen molar-refractivity contribution >= 4 is 137 Å². The Bertz CT molecular complexity index is 4620. The van der Waals surface area contributed by atoms with E-state index in [1.165, 1.54) is 248 Å². The quantitative estimate of drug-likeness (QED) is 0.0279. The van der Waals surface area contributed by atoms with E-state index in [-0.39, 0.29) is 68.0 Å². The highest BCUT2D eigenvalue weighted by Gasteiger charge is 2.51. The van der Waals surface area contributed by atoms with Crippen molar-refractivity contribution in [1.82, 2.24) is 27.3 Å². The van der Waals surface area contributed by atoms with Crippen LogP contribution in [0, 0.1) is 35.1 Å². The number of rotatable bonds is 62. The molecule has 0 aliphatic carbocycles. The van der Waals surface area contributed by atoms with Crippen LogP contribution in [0.4, 0.5) is 17.6 Å². The van der Waals surface area contributed by atoms with Gasteiger partial charge in [-0.05, 0) is 136 Å². The maximum atomic E-state index is 17.9. The van der Waals surface area contributed by atoms with E-state index in [9.17, 15) is 0 Å². The summed E-state index contributed by atoms with van der Waals surface area (Å²) in [6.45, 7) is 14.3. The molecule has 2 unspecified atom stereocenters. The van der Waals surface area contributed by atoms with Crippen molar-refractivity contribution in [1.29, 1.82) is 0 Å². The molecule has 0 N–H and O–H groups in total. The van der Waals surface area contributed by atoms with Crippen molar-refractivity contribution in [3.63, 3.8) is 0 Å². The first-order valence-corrected chi connectivity index (χ1v) is 54.2. The van der Waals surface area contributed by atoms with Gasteiger partial charge < -0.3 is 9.80 Å². The van der Waals surface area contributed by atoms with Crippen molar-refractivity contribution in [2.75, 3.05) is 13.1 Å². The lowest BCUT2D eigenvalue weighted by atomic mass is 9.93. The third kappa shape index (κ3) is 25.5. The number of hydrogen-bond acceptors (Lipinski definition) is 14. The molecule has 0 fully saturated rings. The lowest BCUT2D eigenvalue weighted by molar-refractivity contribution is -0.124. The maximum Gasteiger partial charge on any atom is 0.261 e. The van der Waals surface area contributed by atoms with Crippen molar-refractivity contribution < 1.29 is 27.2 Å².